The van der Waals surface area contributed by atoms with Crippen LogP contribution < -0.4 is 5.56 Å². The van der Waals surface area contributed by atoms with Crippen molar-refractivity contribution in [3.05, 3.63) is 85.2 Å². The maximum atomic E-state index is 12.7. The van der Waals surface area contributed by atoms with E-state index >= 15 is 0 Å². The third kappa shape index (κ3) is 3.93. The number of aryl methyl sites for hydroxylation is 1. The van der Waals surface area contributed by atoms with E-state index in [2.05, 4.69) is 16.0 Å². The Balaban J connectivity index is 1.57. The number of H-pyrrole nitrogens is 1. The molecule has 0 fully saturated rings. The predicted octanol–water partition coefficient (Wildman–Crippen LogP) is 4.61. The van der Waals surface area contributed by atoms with E-state index < -0.39 is 0 Å². The Kier molecular flexibility index (Phi) is 5.04. The summed E-state index contributed by atoms with van der Waals surface area (Å²) in [6.07, 6.45) is 0.749. The van der Waals surface area contributed by atoms with Crippen molar-refractivity contribution < 1.29 is 0 Å². The summed E-state index contributed by atoms with van der Waals surface area (Å²) in [7, 11) is 0. The number of fused-ring (bicyclic) bond motifs is 1. The molecule has 0 spiro atoms. The average molecular weight is 400 g/mol. The summed E-state index contributed by atoms with van der Waals surface area (Å²) in [5.74, 6) is 0.592. The van der Waals surface area contributed by atoms with Crippen molar-refractivity contribution in [2.75, 3.05) is 6.54 Å². The SMILES string of the molecule is Cc1ccc(CN2CCc3nc(-c4ccc(Cl)cc4)[nH]c(=O)c3C2)cc1Cl. The lowest BCUT2D eigenvalue weighted by Gasteiger charge is -2.27. The van der Waals surface area contributed by atoms with Gasteiger partial charge in [-0.15, -0.1) is 0 Å². The molecule has 0 saturated carbocycles. The minimum absolute atomic E-state index is 0.0726. The molecule has 4 nitrogen and oxygen atoms in total. The largest absolute Gasteiger partial charge is 0.306 e. The summed E-state index contributed by atoms with van der Waals surface area (Å²) in [4.78, 5) is 22.5. The first-order chi connectivity index (χ1) is 13.0. The molecule has 4 rings (SSSR count). The number of rotatable bonds is 3. The van der Waals surface area contributed by atoms with Crippen LogP contribution in [0.15, 0.2) is 47.3 Å². The Bertz CT molecular complexity index is 1040. The predicted molar refractivity (Wildman–Crippen MR) is 109 cm³/mol. The minimum atomic E-state index is -0.0726. The molecule has 6 heteroatoms. The minimum Gasteiger partial charge on any atom is -0.306 e. The van der Waals surface area contributed by atoms with E-state index in [1.54, 1.807) is 12.1 Å². The topological polar surface area (TPSA) is 49.0 Å². The summed E-state index contributed by atoms with van der Waals surface area (Å²) in [6.45, 7) is 4.20. The van der Waals surface area contributed by atoms with E-state index in [0.29, 0.717) is 17.4 Å². The molecule has 0 saturated heterocycles. The van der Waals surface area contributed by atoms with Gasteiger partial charge in [-0.05, 0) is 48.4 Å². The number of nitrogens with one attached hydrogen (secondary N) is 1. The summed E-state index contributed by atoms with van der Waals surface area (Å²) < 4.78 is 0. The van der Waals surface area contributed by atoms with Crippen LogP contribution in [0.1, 0.15) is 22.4 Å². The standard InChI is InChI=1S/C21H19Cl2N3O/c1-13-2-3-14(10-18(13)23)11-26-9-8-19-17(12-26)21(27)25-20(24-19)15-4-6-16(22)7-5-15/h2-7,10H,8-9,11-12H2,1H3,(H,24,25,27). The number of nitrogens with zero attached hydrogens (tertiary/aromatic N) is 2. The highest BCUT2D eigenvalue weighted by Crippen LogP contribution is 2.23. The highest BCUT2D eigenvalue weighted by molar-refractivity contribution is 6.31. The van der Waals surface area contributed by atoms with Gasteiger partial charge in [0.2, 0.25) is 0 Å². The first-order valence-corrected chi connectivity index (χ1v) is 9.60. The molecule has 0 unspecified atom stereocenters. The lowest BCUT2D eigenvalue weighted by Crippen LogP contribution is -2.35. The van der Waals surface area contributed by atoms with Crippen LogP contribution in [0, 0.1) is 6.92 Å². The second-order valence-electron chi connectivity index (χ2n) is 6.89. The maximum Gasteiger partial charge on any atom is 0.255 e. The van der Waals surface area contributed by atoms with Gasteiger partial charge in [0.05, 0.1) is 11.3 Å². The number of hydrogen-bond donors (Lipinski definition) is 1. The van der Waals surface area contributed by atoms with Gasteiger partial charge in [0, 0.05) is 41.7 Å². The Morgan fingerprint density at radius 1 is 1.15 bits per heavy atom. The van der Waals surface area contributed by atoms with Crippen LogP contribution in [-0.2, 0) is 19.5 Å². The third-order valence-corrected chi connectivity index (χ3v) is 5.57. The van der Waals surface area contributed by atoms with Gasteiger partial charge in [-0.25, -0.2) is 4.98 Å². The van der Waals surface area contributed by atoms with Crippen LogP contribution >= 0.6 is 23.2 Å². The fourth-order valence-electron chi connectivity index (χ4n) is 3.35. The average Bonchev–Trinajstić information content (AvgIpc) is 2.66. The van der Waals surface area contributed by atoms with Gasteiger partial charge in [0.1, 0.15) is 5.82 Å². The summed E-state index contributed by atoms with van der Waals surface area (Å²) in [6, 6.07) is 13.4. The Morgan fingerprint density at radius 3 is 2.67 bits per heavy atom. The molecule has 1 aromatic heterocycles. The van der Waals surface area contributed by atoms with Crippen LogP contribution in [0.5, 0.6) is 0 Å². The molecule has 0 atom stereocenters. The molecule has 0 bridgehead atoms. The second-order valence-corrected chi connectivity index (χ2v) is 7.73. The van der Waals surface area contributed by atoms with Gasteiger partial charge >= 0.3 is 0 Å². The number of halogens is 2. The molecule has 0 aliphatic carbocycles. The van der Waals surface area contributed by atoms with E-state index in [9.17, 15) is 4.79 Å². The molecule has 2 aromatic carbocycles. The highest BCUT2D eigenvalue weighted by Gasteiger charge is 2.21. The normalized spacial score (nSPS) is 14.2. The van der Waals surface area contributed by atoms with Crippen LogP contribution in [0.2, 0.25) is 10.0 Å². The van der Waals surface area contributed by atoms with Crippen molar-refractivity contribution in [2.45, 2.75) is 26.4 Å². The van der Waals surface area contributed by atoms with Crippen molar-refractivity contribution >= 4 is 23.2 Å². The van der Waals surface area contributed by atoms with Crippen LogP contribution in [0.3, 0.4) is 0 Å². The van der Waals surface area contributed by atoms with E-state index in [4.69, 9.17) is 28.2 Å². The molecule has 27 heavy (non-hydrogen) atoms. The molecule has 0 radical (unpaired) electrons. The molecular formula is C21H19Cl2N3O. The van der Waals surface area contributed by atoms with Crippen molar-refractivity contribution in [1.82, 2.24) is 14.9 Å². The zero-order valence-electron chi connectivity index (χ0n) is 14.9. The van der Waals surface area contributed by atoms with Crippen LogP contribution in [-0.4, -0.2) is 21.4 Å². The van der Waals surface area contributed by atoms with Gasteiger partial charge < -0.3 is 4.98 Å². The Labute approximate surface area is 167 Å². The fourth-order valence-corrected chi connectivity index (χ4v) is 3.68. The van der Waals surface area contributed by atoms with Crippen molar-refractivity contribution in [3.63, 3.8) is 0 Å². The van der Waals surface area contributed by atoms with Gasteiger partial charge in [-0.1, -0.05) is 35.3 Å². The zero-order chi connectivity index (χ0) is 19.0. The molecule has 1 N–H and O–H groups in total. The van der Waals surface area contributed by atoms with Crippen molar-refractivity contribution in [1.29, 1.82) is 0 Å². The zero-order valence-corrected chi connectivity index (χ0v) is 16.4. The Hall–Kier alpha value is -2.14. The fraction of sp³-hybridized carbons (Fsp3) is 0.238. The quantitative estimate of drug-likeness (QED) is 0.699. The molecular weight excluding hydrogens is 381 g/mol. The molecule has 1 aliphatic heterocycles. The van der Waals surface area contributed by atoms with E-state index in [0.717, 1.165) is 52.5 Å². The van der Waals surface area contributed by atoms with Gasteiger partial charge in [0.25, 0.3) is 5.56 Å². The van der Waals surface area contributed by atoms with Crippen LogP contribution in [0.4, 0.5) is 0 Å². The number of benzene rings is 2. The van der Waals surface area contributed by atoms with E-state index in [-0.39, 0.29) is 5.56 Å². The lowest BCUT2D eigenvalue weighted by atomic mass is 10.0. The van der Waals surface area contributed by atoms with Crippen molar-refractivity contribution in [3.8, 4) is 11.4 Å². The van der Waals surface area contributed by atoms with Crippen LogP contribution in [0.25, 0.3) is 11.4 Å². The first kappa shape index (κ1) is 18.2. The maximum absolute atomic E-state index is 12.7. The number of aromatic amines is 1. The summed E-state index contributed by atoms with van der Waals surface area (Å²) in [5.41, 5.74) is 4.63. The Morgan fingerprint density at radius 2 is 1.93 bits per heavy atom. The van der Waals surface area contributed by atoms with Gasteiger partial charge in [-0.3, -0.25) is 9.69 Å². The van der Waals surface area contributed by atoms with Gasteiger partial charge in [0.15, 0.2) is 0 Å². The summed E-state index contributed by atoms with van der Waals surface area (Å²) in [5, 5.41) is 1.43. The molecule has 3 aromatic rings. The van der Waals surface area contributed by atoms with Gasteiger partial charge in [-0.2, -0.15) is 0 Å². The highest BCUT2D eigenvalue weighted by atomic mass is 35.5. The monoisotopic (exact) mass is 399 g/mol. The van der Waals surface area contributed by atoms with Crippen molar-refractivity contribution in [2.24, 2.45) is 0 Å². The molecule has 2 heterocycles. The third-order valence-electron chi connectivity index (χ3n) is 4.91. The lowest BCUT2D eigenvalue weighted by molar-refractivity contribution is 0.242. The first-order valence-electron chi connectivity index (χ1n) is 8.85. The molecule has 0 amide bonds. The van der Waals surface area contributed by atoms with E-state index in [1.165, 1.54) is 0 Å². The number of hydrogen-bond acceptors (Lipinski definition) is 3. The molecule has 138 valence electrons. The van der Waals surface area contributed by atoms with E-state index in [1.807, 2.05) is 31.2 Å². The molecule has 1 aliphatic rings. The summed E-state index contributed by atoms with van der Waals surface area (Å²) >= 11 is 12.2. The smallest absolute Gasteiger partial charge is 0.255 e. The second kappa shape index (κ2) is 7.47. The number of aromatic nitrogens is 2.